The highest BCUT2D eigenvalue weighted by Crippen LogP contribution is 2.38. The number of halogens is 1. The Balaban J connectivity index is 0.000000204. The van der Waals surface area contributed by atoms with Crippen molar-refractivity contribution in [2.24, 2.45) is 0 Å². The summed E-state index contributed by atoms with van der Waals surface area (Å²) in [4.78, 5) is 50.1. The zero-order valence-corrected chi connectivity index (χ0v) is 31.3. The molecule has 12 heteroatoms. The molecule has 0 aliphatic rings. The number of benzene rings is 4. The molecule has 0 unspecified atom stereocenters. The van der Waals surface area contributed by atoms with Crippen LogP contribution >= 0.6 is 12.4 Å². The summed E-state index contributed by atoms with van der Waals surface area (Å²) in [6.07, 6.45) is 3.45. The highest BCUT2D eigenvalue weighted by atomic mass is 35.5. The fraction of sp³-hybridized carbons (Fsp3) is 0.0909. The molecule has 0 atom stereocenters. The SMILES string of the molecule is Cc1ncc(CO)c(-c2nc(-c3ccccc3)c(-c3ccccc3)[nH]2)c1O.Cc1ncc(CO)c(C=O)c1O.Cl.O=C(C(=O)c1ccccc1)c1ccccc1. The first-order valence-corrected chi connectivity index (χ1v) is 17.1. The number of carbonyl (C=O) groups excluding carboxylic acids is 3. The molecule has 0 aliphatic heterocycles. The fourth-order valence-corrected chi connectivity index (χ4v) is 5.48. The number of hydrogen-bond acceptors (Lipinski definition) is 10. The summed E-state index contributed by atoms with van der Waals surface area (Å²) in [5.74, 6) is -0.565. The molecule has 7 rings (SSSR count). The molecule has 0 radical (unpaired) electrons. The minimum Gasteiger partial charge on any atom is -0.505 e. The van der Waals surface area contributed by atoms with Crippen molar-refractivity contribution in [2.75, 3.05) is 0 Å². The van der Waals surface area contributed by atoms with Gasteiger partial charge in [-0.3, -0.25) is 24.4 Å². The van der Waals surface area contributed by atoms with Crippen molar-refractivity contribution in [1.82, 2.24) is 19.9 Å². The maximum absolute atomic E-state index is 11.8. The van der Waals surface area contributed by atoms with E-state index >= 15 is 0 Å². The molecule has 0 amide bonds. The number of aldehydes is 1. The number of ketones is 2. The second kappa shape index (κ2) is 20.0. The number of aryl methyl sites for hydroxylation is 2. The zero-order chi connectivity index (χ0) is 39.3. The van der Waals surface area contributed by atoms with Crippen LogP contribution in [0.4, 0.5) is 0 Å². The minimum atomic E-state index is -0.466. The van der Waals surface area contributed by atoms with Crippen molar-refractivity contribution in [3.8, 4) is 45.4 Å². The number of nitrogens with one attached hydrogen (secondary N) is 1. The Morgan fingerprint density at radius 1 is 0.625 bits per heavy atom. The van der Waals surface area contributed by atoms with E-state index in [9.17, 15) is 29.7 Å². The topological polar surface area (TPSA) is 187 Å². The van der Waals surface area contributed by atoms with Crippen LogP contribution in [0.2, 0.25) is 0 Å². The van der Waals surface area contributed by atoms with Gasteiger partial charge in [-0.2, -0.15) is 0 Å². The number of Topliss-reactive ketones (excluding diaryl/α,β-unsaturated/α-hetero) is 2. The molecular formula is C44H39ClN4O7. The van der Waals surface area contributed by atoms with E-state index in [-0.39, 0.29) is 42.7 Å². The lowest BCUT2D eigenvalue weighted by Crippen LogP contribution is -2.14. The molecule has 4 aromatic carbocycles. The van der Waals surface area contributed by atoms with Crippen LogP contribution in [0.3, 0.4) is 0 Å². The van der Waals surface area contributed by atoms with Crippen molar-refractivity contribution in [1.29, 1.82) is 0 Å². The molecule has 0 aliphatic carbocycles. The Hall–Kier alpha value is -6.79. The van der Waals surface area contributed by atoms with Gasteiger partial charge >= 0.3 is 0 Å². The van der Waals surface area contributed by atoms with Crippen molar-refractivity contribution in [3.63, 3.8) is 0 Å². The predicted octanol–water partition coefficient (Wildman–Crippen LogP) is 7.89. The highest BCUT2D eigenvalue weighted by molar-refractivity contribution is 6.49. The van der Waals surface area contributed by atoms with Gasteiger partial charge in [0.1, 0.15) is 17.3 Å². The smallest absolute Gasteiger partial charge is 0.233 e. The Labute approximate surface area is 329 Å². The summed E-state index contributed by atoms with van der Waals surface area (Å²) >= 11 is 0. The van der Waals surface area contributed by atoms with Crippen LogP contribution in [0.25, 0.3) is 33.9 Å². The highest BCUT2D eigenvalue weighted by Gasteiger charge is 2.21. The Morgan fingerprint density at radius 2 is 1.05 bits per heavy atom. The Kier molecular flexibility index (Phi) is 15.0. The third kappa shape index (κ3) is 9.84. The average molecular weight is 771 g/mol. The van der Waals surface area contributed by atoms with Gasteiger partial charge in [-0.15, -0.1) is 12.4 Å². The molecular weight excluding hydrogens is 732 g/mol. The van der Waals surface area contributed by atoms with Gasteiger partial charge < -0.3 is 25.4 Å². The molecule has 11 nitrogen and oxygen atoms in total. The van der Waals surface area contributed by atoms with Crippen LogP contribution in [0.1, 0.15) is 53.6 Å². The zero-order valence-electron chi connectivity index (χ0n) is 30.5. The summed E-state index contributed by atoms with van der Waals surface area (Å²) < 4.78 is 0. The molecule has 0 spiro atoms. The number of carbonyl (C=O) groups is 3. The molecule has 3 heterocycles. The molecule has 284 valence electrons. The predicted molar refractivity (Wildman–Crippen MR) is 216 cm³/mol. The minimum absolute atomic E-state index is 0. The van der Waals surface area contributed by atoms with Crippen molar-refractivity contribution >= 4 is 30.3 Å². The van der Waals surface area contributed by atoms with E-state index in [0.717, 1.165) is 22.5 Å². The average Bonchev–Trinajstić information content (AvgIpc) is 3.69. The van der Waals surface area contributed by atoms with Crippen LogP contribution in [0.15, 0.2) is 134 Å². The van der Waals surface area contributed by atoms with Gasteiger partial charge in [-0.1, -0.05) is 121 Å². The van der Waals surface area contributed by atoms with Crippen molar-refractivity contribution in [2.45, 2.75) is 27.1 Å². The number of pyridine rings is 2. The molecule has 0 saturated heterocycles. The van der Waals surface area contributed by atoms with Gasteiger partial charge in [0.25, 0.3) is 0 Å². The fourth-order valence-electron chi connectivity index (χ4n) is 5.48. The van der Waals surface area contributed by atoms with E-state index in [1.807, 2.05) is 72.8 Å². The lowest BCUT2D eigenvalue weighted by atomic mass is 10.0. The summed E-state index contributed by atoms with van der Waals surface area (Å²) in [6, 6.07) is 37.0. The van der Waals surface area contributed by atoms with Crippen molar-refractivity contribution in [3.05, 3.63) is 173 Å². The third-order valence-corrected chi connectivity index (χ3v) is 8.46. The van der Waals surface area contributed by atoms with E-state index in [4.69, 9.17) is 10.1 Å². The maximum atomic E-state index is 11.8. The van der Waals surface area contributed by atoms with Crippen LogP contribution in [-0.2, 0) is 13.2 Å². The summed E-state index contributed by atoms with van der Waals surface area (Å²) in [7, 11) is 0. The number of imidazole rings is 1. The largest absolute Gasteiger partial charge is 0.505 e. The van der Waals surface area contributed by atoms with E-state index in [1.54, 1.807) is 68.6 Å². The van der Waals surface area contributed by atoms with Gasteiger partial charge in [-0.05, 0) is 13.8 Å². The van der Waals surface area contributed by atoms with E-state index < -0.39 is 11.6 Å². The van der Waals surface area contributed by atoms with Gasteiger partial charge in [0.05, 0.1) is 47.1 Å². The molecule has 3 aromatic heterocycles. The lowest BCUT2D eigenvalue weighted by molar-refractivity contribution is 0.0817. The normalized spacial score (nSPS) is 10.1. The number of nitrogens with zero attached hydrogens (tertiary/aromatic N) is 3. The maximum Gasteiger partial charge on any atom is 0.233 e. The van der Waals surface area contributed by atoms with Gasteiger partial charge in [0.15, 0.2) is 6.29 Å². The number of rotatable bonds is 9. The summed E-state index contributed by atoms with van der Waals surface area (Å²) in [6.45, 7) is 2.77. The first kappa shape index (κ1) is 42.0. The summed E-state index contributed by atoms with van der Waals surface area (Å²) in [5.41, 5.74) is 6.78. The van der Waals surface area contributed by atoms with Crippen LogP contribution in [0, 0.1) is 13.8 Å². The molecule has 56 heavy (non-hydrogen) atoms. The molecule has 5 N–H and O–H groups in total. The Bertz CT molecular complexity index is 2280. The van der Waals surface area contributed by atoms with Crippen LogP contribution in [-0.4, -0.2) is 58.2 Å². The van der Waals surface area contributed by atoms with Gasteiger partial charge in [-0.25, -0.2) is 4.98 Å². The standard InChI is InChI=1S/C22H19N3O2.C14H10O2.C8H9NO3.ClH/c1-14-21(27)18(17(13-26)12-23-14)22-24-19(15-8-4-2-5-9-15)20(25-22)16-10-6-3-7-11-16;15-13(11-7-3-1-4-8-11)14(16)12-9-5-2-6-10-12;1-5-8(12)7(4-11)6(3-10)2-9-5;/h2-12,26-27H,13H2,1H3,(H,24,25);1-10H;2,4,10,12H,3H2,1H3;1H. The number of aliphatic hydroxyl groups excluding tert-OH is 2. The molecule has 0 saturated carbocycles. The van der Waals surface area contributed by atoms with Crippen LogP contribution < -0.4 is 0 Å². The first-order chi connectivity index (χ1) is 26.7. The number of H-pyrrole nitrogens is 1. The summed E-state index contributed by atoms with van der Waals surface area (Å²) in [5, 5.41) is 38.3. The number of hydrogen-bond donors (Lipinski definition) is 5. The van der Waals surface area contributed by atoms with Crippen molar-refractivity contribution < 1.29 is 34.8 Å². The number of aromatic hydroxyl groups is 2. The first-order valence-electron chi connectivity index (χ1n) is 17.1. The number of aliphatic hydroxyl groups is 2. The Morgan fingerprint density at radius 3 is 1.52 bits per heavy atom. The molecule has 7 aromatic rings. The quantitative estimate of drug-likeness (QED) is 0.0549. The van der Waals surface area contributed by atoms with Gasteiger partial charge in [0, 0.05) is 45.8 Å². The molecule has 0 fully saturated rings. The van der Waals surface area contributed by atoms with E-state index in [1.165, 1.54) is 6.20 Å². The van der Waals surface area contributed by atoms with Crippen LogP contribution in [0.5, 0.6) is 11.5 Å². The third-order valence-electron chi connectivity index (χ3n) is 8.46. The van der Waals surface area contributed by atoms with E-state index in [0.29, 0.717) is 51.3 Å². The van der Waals surface area contributed by atoms with E-state index in [2.05, 4.69) is 15.0 Å². The second-order valence-electron chi connectivity index (χ2n) is 12.1. The van der Waals surface area contributed by atoms with Gasteiger partial charge in [0.2, 0.25) is 11.6 Å². The number of aromatic nitrogens is 4. The lowest BCUT2D eigenvalue weighted by Gasteiger charge is -2.09. The molecule has 0 bridgehead atoms. The monoisotopic (exact) mass is 770 g/mol. The number of aromatic amines is 1. The second-order valence-corrected chi connectivity index (χ2v) is 12.1.